The van der Waals surface area contributed by atoms with Gasteiger partial charge < -0.3 is 9.67 Å². The van der Waals surface area contributed by atoms with E-state index in [1.807, 2.05) is 7.05 Å². The summed E-state index contributed by atoms with van der Waals surface area (Å²) >= 11 is 0. The number of pyridine rings is 1. The normalized spacial score (nSPS) is 10.5. The first-order valence-corrected chi connectivity index (χ1v) is 3.83. The lowest BCUT2D eigenvalue weighted by atomic mass is 10.2. The fraction of sp³-hybridized carbons (Fsp3) is 0.111. The van der Waals surface area contributed by atoms with Crippen molar-refractivity contribution < 1.29 is 9.90 Å². The summed E-state index contributed by atoms with van der Waals surface area (Å²) in [5.74, 6) is -0.918. The highest BCUT2D eigenvalue weighted by atomic mass is 16.4. The van der Waals surface area contributed by atoms with Crippen LogP contribution < -0.4 is 0 Å². The van der Waals surface area contributed by atoms with Crippen LogP contribution in [0.3, 0.4) is 0 Å². The van der Waals surface area contributed by atoms with Crippen LogP contribution in [0.4, 0.5) is 0 Å². The number of hydrogen-bond donors (Lipinski definition) is 1. The minimum atomic E-state index is -0.918. The van der Waals surface area contributed by atoms with Gasteiger partial charge in [0, 0.05) is 24.8 Å². The van der Waals surface area contributed by atoms with Gasteiger partial charge >= 0.3 is 5.97 Å². The predicted molar refractivity (Wildman–Crippen MR) is 47.7 cm³/mol. The van der Waals surface area contributed by atoms with Gasteiger partial charge in [0.1, 0.15) is 5.65 Å². The van der Waals surface area contributed by atoms with Crippen molar-refractivity contribution in [3.8, 4) is 0 Å². The summed E-state index contributed by atoms with van der Waals surface area (Å²) in [6.45, 7) is 0. The third-order valence-corrected chi connectivity index (χ3v) is 2.00. The van der Waals surface area contributed by atoms with Crippen LogP contribution in [0, 0.1) is 0 Å². The van der Waals surface area contributed by atoms with E-state index in [0.717, 1.165) is 0 Å². The average Bonchev–Trinajstić information content (AvgIpc) is 2.48. The topological polar surface area (TPSA) is 55.1 Å². The zero-order valence-electron chi connectivity index (χ0n) is 7.06. The summed E-state index contributed by atoms with van der Waals surface area (Å²) in [7, 11) is 1.83. The molecule has 0 amide bonds. The van der Waals surface area contributed by atoms with Crippen LogP contribution in [0.15, 0.2) is 24.5 Å². The number of aromatic nitrogens is 2. The van der Waals surface area contributed by atoms with E-state index in [-0.39, 0.29) is 0 Å². The zero-order valence-corrected chi connectivity index (χ0v) is 7.06. The van der Waals surface area contributed by atoms with E-state index >= 15 is 0 Å². The molecule has 2 heterocycles. The van der Waals surface area contributed by atoms with E-state index in [4.69, 9.17) is 5.11 Å². The molecule has 0 atom stereocenters. The molecule has 0 aliphatic carbocycles. The molecule has 13 heavy (non-hydrogen) atoms. The molecule has 0 aliphatic rings. The Hall–Kier alpha value is -1.84. The predicted octanol–water partition coefficient (Wildman–Crippen LogP) is 1.27. The molecule has 0 fully saturated rings. The Morgan fingerprint density at radius 1 is 1.54 bits per heavy atom. The number of fused-ring (bicyclic) bond motifs is 1. The monoisotopic (exact) mass is 176 g/mol. The quantitative estimate of drug-likeness (QED) is 0.711. The van der Waals surface area contributed by atoms with Crippen molar-refractivity contribution >= 4 is 17.0 Å². The van der Waals surface area contributed by atoms with Gasteiger partial charge in [-0.15, -0.1) is 0 Å². The Morgan fingerprint density at radius 2 is 2.31 bits per heavy atom. The Balaban J connectivity index is 2.84. The minimum absolute atomic E-state index is 0.297. The maximum absolute atomic E-state index is 10.8. The Labute approximate surface area is 74.4 Å². The van der Waals surface area contributed by atoms with Gasteiger partial charge in [0.15, 0.2) is 0 Å². The van der Waals surface area contributed by atoms with Crippen molar-refractivity contribution in [3.63, 3.8) is 0 Å². The van der Waals surface area contributed by atoms with E-state index in [1.54, 1.807) is 16.8 Å². The summed E-state index contributed by atoms with van der Waals surface area (Å²) in [5, 5.41) is 9.53. The highest BCUT2D eigenvalue weighted by molar-refractivity contribution is 6.01. The average molecular weight is 176 g/mol. The minimum Gasteiger partial charge on any atom is -0.478 e. The van der Waals surface area contributed by atoms with Crippen molar-refractivity contribution in [2.24, 2.45) is 7.05 Å². The molecule has 2 rings (SSSR count). The molecular weight excluding hydrogens is 168 g/mol. The standard InChI is InChI=1S/C9H8N2O2/c1-11-5-3-6-7(9(12)13)2-4-10-8(6)11/h2-5H,1H3,(H,12,13). The number of hydrogen-bond acceptors (Lipinski definition) is 2. The highest BCUT2D eigenvalue weighted by Crippen LogP contribution is 2.16. The Bertz CT molecular complexity index is 473. The molecule has 4 nitrogen and oxygen atoms in total. The second-order valence-corrected chi connectivity index (χ2v) is 2.83. The number of nitrogens with zero attached hydrogens (tertiary/aromatic N) is 2. The van der Waals surface area contributed by atoms with E-state index in [9.17, 15) is 4.79 Å². The molecule has 1 N–H and O–H groups in total. The smallest absolute Gasteiger partial charge is 0.336 e. The first kappa shape index (κ1) is 7.79. The van der Waals surface area contributed by atoms with E-state index < -0.39 is 5.97 Å². The van der Waals surface area contributed by atoms with E-state index in [0.29, 0.717) is 16.6 Å². The lowest BCUT2D eigenvalue weighted by Crippen LogP contribution is -1.98. The third-order valence-electron chi connectivity index (χ3n) is 2.00. The molecule has 0 saturated heterocycles. The first-order valence-electron chi connectivity index (χ1n) is 3.83. The molecule has 2 aromatic heterocycles. The second kappa shape index (κ2) is 2.58. The highest BCUT2D eigenvalue weighted by Gasteiger charge is 2.09. The van der Waals surface area contributed by atoms with Gasteiger partial charge in [-0.2, -0.15) is 0 Å². The maximum atomic E-state index is 10.8. The van der Waals surface area contributed by atoms with Crippen LogP contribution in [0.1, 0.15) is 10.4 Å². The molecular formula is C9H8N2O2. The van der Waals surface area contributed by atoms with Crippen molar-refractivity contribution in [2.75, 3.05) is 0 Å². The largest absolute Gasteiger partial charge is 0.478 e. The summed E-state index contributed by atoms with van der Waals surface area (Å²) in [6, 6.07) is 3.26. The SMILES string of the molecule is Cn1ccc2c(C(=O)O)ccnc21. The molecule has 66 valence electrons. The fourth-order valence-corrected chi connectivity index (χ4v) is 1.35. The van der Waals surface area contributed by atoms with Crippen LogP contribution in [0.25, 0.3) is 11.0 Å². The molecule has 4 heteroatoms. The van der Waals surface area contributed by atoms with Gasteiger partial charge in [0.05, 0.1) is 5.56 Å². The zero-order chi connectivity index (χ0) is 9.42. The summed E-state index contributed by atoms with van der Waals surface area (Å²) in [4.78, 5) is 14.9. The molecule has 0 saturated carbocycles. The number of carboxylic acid groups (broad SMARTS) is 1. The molecule has 2 aromatic rings. The van der Waals surface area contributed by atoms with Crippen LogP contribution in [-0.2, 0) is 7.05 Å². The van der Waals surface area contributed by atoms with Gasteiger partial charge in [-0.3, -0.25) is 0 Å². The maximum Gasteiger partial charge on any atom is 0.336 e. The molecule has 0 radical (unpaired) electrons. The van der Waals surface area contributed by atoms with Crippen LogP contribution in [0.5, 0.6) is 0 Å². The van der Waals surface area contributed by atoms with Crippen LogP contribution in [-0.4, -0.2) is 20.6 Å². The number of rotatable bonds is 1. The number of aromatic carboxylic acids is 1. The summed E-state index contributed by atoms with van der Waals surface area (Å²) in [6.07, 6.45) is 3.30. The van der Waals surface area contributed by atoms with Crippen LogP contribution >= 0.6 is 0 Å². The third kappa shape index (κ3) is 1.07. The van der Waals surface area contributed by atoms with Crippen molar-refractivity contribution in [1.82, 2.24) is 9.55 Å². The fourth-order valence-electron chi connectivity index (χ4n) is 1.35. The number of carboxylic acids is 1. The lowest BCUT2D eigenvalue weighted by Gasteiger charge is -1.97. The molecule has 0 spiro atoms. The summed E-state index contributed by atoms with van der Waals surface area (Å²) in [5.41, 5.74) is 0.991. The van der Waals surface area contributed by atoms with Crippen molar-refractivity contribution in [1.29, 1.82) is 0 Å². The lowest BCUT2D eigenvalue weighted by molar-refractivity contribution is 0.0699. The Morgan fingerprint density at radius 3 is 3.00 bits per heavy atom. The Kier molecular flexibility index (Phi) is 1.55. The van der Waals surface area contributed by atoms with Gasteiger partial charge in [-0.05, 0) is 12.1 Å². The van der Waals surface area contributed by atoms with Gasteiger partial charge in [0.2, 0.25) is 0 Å². The first-order chi connectivity index (χ1) is 6.20. The van der Waals surface area contributed by atoms with E-state index in [1.165, 1.54) is 12.3 Å². The van der Waals surface area contributed by atoms with E-state index in [2.05, 4.69) is 4.98 Å². The van der Waals surface area contributed by atoms with Gasteiger partial charge in [0.25, 0.3) is 0 Å². The summed E-state index contributed by atoms with van der Waals surface area (Å²) < 4.78 is 1.79. The molecule has 0 unspecified atom stereocenters. The van der Waals surface area contributed by atoms with Gasteiger partial charge in [-0.25, -0.2) is 9.78 Å². The molecule has 0 bridgehead atoms. The van der Waals surface area contributed by atoms with Crippen molar-refractivity contribution in [3.05, 3.63) is 30.1 Å². The number of carbonyl (C=O) groups is 1. The van der Waals surface area contributed by atoms with Crippen LogP contribution in [0.2, 0.25) is 0 Å². The molecule has 0 aromatic carbocycles. The van der Waals surface area contributed by atoms with Crippen molar-refractivity contribution in [2.45, 2.75) is 0 Å². The number of aryl methyl sites for hydroxylation is 1. The van der Waals surface area contributed by atoms with Gasteiger partial charge in [-0.1, -0.05) is 0 Å². The second-order valence-electron chi connectivity index (χ2n) is 2.83. The molecule has 0 aliphatic heterocycles.